The molecule has 2 aliphatic carbocycles. The minimum absolute atomic E-state index is 0.409. The van der Waals surface area contributed by atoms with Crippen molar-refractivity contribution in [3.63, 3.8) is 0 Å². The van der Waals surface area contributed by atoms with Crippen LogP contribution in [-0.2, 0) is 4.79 Å². The average Bonchev–Trinajstić information content (AvgIpc) is 2.81. The zero-order valence-corrected chi connectivity index (χ0v) is 11.2. The van der Waals surface area contributed by atoms with E-state index in [-0.39, 0.29) is 0 Å². The highest BCUT2D eigenvalue weighted by atomic mass is 32.2. The van der Waals surface area contributed by atoms with Crippen molar-refractivity contribution >= 4 is 17.5 Å². The molecule has 0 amide bonds. The van der Waals surface area contributed by atoms with Gasteiger partial charge in [-0.15, -0.1) is 0 Å². The molecule has 2 unspecified atom stereocenters. The number of carbonyl (C=O) groups excluding carboxylic acids is 1. The summed E-state index contributed by atoms with van der Waals surface area (Å²) in [5.74, 6) is 1.87. The van der Waals surface area contributed by atoms with E-state index in [4.69, 9.17) is 0 Å². The van der Waals surface area contributed by atoms with E-state index in [1.54, 1.807) is 0 Å². The minimum Gasteiger partial charge on any atom is -0.299 e. The molecule has 0 spiro atoms. The predicted octanol–water partition coefficient (Wildman–Crippen LogP) is 4.06. The number of carbonyl (C=O) groups is 1. The van der Waals surface area contributed by atoms with E-state index in [9.17, 15) is 4.79 Å². The summed E-state index contributed by atoms with van der Waals surface area (Å²) in [6.07, 6.45) is 13.5. The second kappa shape index (κ2) is 6.09. The second-order valence-corrected chi connectivity index (χ2v) is 6.54. The maximum Gasteiger partial charge on any atom is 0.136 e. The molecule has 2 aliphatic rings. The van der Waals surface area contributed by atoms with Crippen molar-refractivity contribution < 1.29 is 4.79 Å². The summed E-state index contributed by atoms with van der Waals surface area (Å²) in [6.45, 7) is 0. The Morgan fingerprint density at radius 2 is 1.88 bits per heavy atom. The molecule has 2 rings (SSSR count). The van der Waals surface area contributed by atoms with Gasteiger partial charge in [-0.05, 0) is 44.3 Å². The number of ketones is 1. The smallest absolute Gasteiger partial charge is 0.136 e. The summed E-state index contributed by atoms with van der Waals surface area (Å²) < 4.78 is 0. The lowest BCUT2D eigenvalue weighted by Gasteiger charge is -2.28. The fourth-order valence-corrected chi connectivity index (χ4v) is 4.48. The Hall–Kier alpha value is 0.0200. The van der Waals surface area contributed by atoms with Gasteiger partial charge in [-0.1, -0.05) is 19.3 Å². The van der Waals surface area contributed by atoms with Gasteiger partial charge in [-0.3, -0.25) is 4.79 Å². The SMILES string of the molecule is CSC(CC1CCCCC1=O)C1CCCC1. The van der Waals surface area contributed by atoms with Crippen molar-refractivity contribution in [3.8, 4) is 0 Å². The van der Waals surface area contributed by atoms with Gasteiger partial charge in [-0.2, -0.15) is 11.8 Å². The second-order valence-electron chi connectivity index (χ2n) is 5.46. The third-order valence-electron chi connectivity index (χ3n) is 4.43. The first-order chi connectivity index (χ1) is 7.81. The van der Waals surface area contributed by atoms with Crippen LogP contribution >= 0.6 is 11.8 Å². The Balaban J connectivity index is 1.87. The van der Waals surface area contributed by atoms with Gasteiger partial charge >= 0.3 is 0 Å². The topological polar surface area (TPSA) is 17.1 Å². The van der Waals surface area contributed by atoms with Crippen molar-refractivity contribution in [2.45, 2.75) is 63.0 Å². The summed E-state index contributed by atoms with van der Waals surface area (Å²) >= 11 is 2.01. The van der Waals surface area contributed by atoms with Crippen LogP contribution in [0.5, 0.6) is 0 Å². The van der Waals surface area contributed by atoms with Crippen LogP contribution in [0.3, 0.4) is 0 Å². The molecule has 92 valence electrons. The van der Waals surface area contributed by atoms with E-state index in [0.717, 1.165) is 24.0 Å². The molecular weight excluding hydrogens is 216 g/mol. The Morgan fingerprint density at radius 3 is 2.50 bits per heavy atom. The monoisotopic (exact) mass is 240 g/mol. The quantitative estimate of drug-likeness (QED) is 0.737. The maximum absolute atomic E-state index is 11.9. The molecule has 2 fully saturated rings. The van der Waals surface area contributed by atoms with Crippen LogP contribution in [0.15, 0.2) is 0 Å². The summed E-state index contributed by atoms with van der Waals surface area (Å²) in [5.41, 5.74) is 0. The van der Waals surface area contributed by atoms with Gasteiger partial charge in [0.25, 0.3) is 0 Å². The minimum atomic E-state index is 0.409. The van der Waals surface area contributed by atoms with E-state index in [1.807, 2.05) is 11.8 Å². The lowest BCUT2D eigenvalue weighted by Crippen LogP contribution is -2.26. The number of Topliss-reactive ketones (excluding diaryl/α,β-unsaturated/α-hetero) is 1. The summed E-state index contributed by atoms with van der Waals surface area (Å²) in [4.78, 5) is 11.9. The Bertz CT molecular complexity index is 233. The molecule has 0 radical (unpaired) electrons. The van der Waals surface area contributed by atoms with Crippen molar-refractivity contribution in [1.29, 1.82) is 0 Å². The first-order valence-corrected chi connectivity index (χ1v) is 8.15. The van der Waals surface area contributed by atoms with Gasteiger partial charge in [-0.25, -0.2) is 0 Å². The highest BCUT2D eigenvalue weighted by molar-refractivity contribution is 7.99. The van der Waals surface area contributed by atoms with Gasteiger partial charge in [0, 0.05) is 17.6 Å². The summed E-state index contributed by atoms with van der Waals surface area (Å²) in [7, 11) is 0. The third-order valence-corrected chi connectivity index (χ3v) is 5.61. The summed E-state index contributed by atoms with van der Waals surface area (Å²) in [6, 6.07) is 0. The standard InChI is InChI=1S/C14H24OS/c1-16-14(11-6-2-3-7-11)10-12-8-4-5-9-13(12)15/h11-12,14H,2-10H2,1H3. The van der Waals surface area contributed by atoms with Gasteiger partial charge in [0.2, 0.25) is 0 Å². The Morgan fingerprint density at radius 1 is 1.19 bits per heavy atom. The van der Waals surface area contributed by atoms with Gasteiger partial charge in [0.15, 0.2) is 0 Å². The average molecular weight is 240 g/mol. The molecule has 0 aromatic heterocycles. The molecule has 2 atom stereocenters. The van der Waals surface area contributed by atoms with Crippen LogP contribution in [0.2, 0.25) is 0 Å². The van der Waals surface area contributed by atoms with E-state index in [1.165, 1.54) is 44.9 Å². The third kappa shape index (κ3) is 3.03. The van der Waals surface area contributed by atoms with E-state index < -0.39 is 0 Å². The molecule has 0 saturated heterocycles. The van der Waals surface area contributed by atoms with Crippen molar-refractivity contribution in [1.82, 2.24) is 0 Å². The van der Waals surface area contributed by atoms with E-state index >= 15 is 0 Å². The molecule has 1 nitrogen and oxygen atoms in total. The van der Waals surface area contributed by atoms with E-state index in [0.29, 0.717) is 11.7 Å². The lowest BCUT2D eigenvalue weighted by molar-refractivity contribution is -0.124. The van der Waals surface area contributed by atoms with Crippen LogP contribution in [0.1, 0.15) is 57.8 Å². The number of rotatable bonds is 4. The van der Waals surface area contributed by atoms with Crippen LogP contribution in [0.25, 0.3) is 0 Å². The Kier molecular flexibility index (Phi) is 4.75. The summed E-state index contributed by atoms with van der Waals surface area (Å²) in [5, 5.41) is 0.759. The van der Waals surface area contributed by atoms with Crippen molar-refractivity contribution in [3.05, 3.63) is 0 Å². The molecule has 0 bridgehead atoms. The first kappa shape index (κ1) is 12.5. The van der Waals surface area contributed by atoms with E-state index in [2.05, 4.69) is 6.26 Å². The van der Waals surface area contributed by atoms with Gasteiger partial charge in [0.1, 0.15) is 5.78 Å². The molecule has 0 aliphatic heterocycles. The normalized spacial score (nSPS) is 29.6. The molecule has 16 heavy (non-hydrogen) atoms. The molecule has 0 aromatic rings. The van der Waals surface area contributed by atoms with Crippen LogP contribution < -0.4 is 0 Å². The molecule has 2 heteroatoms. The Labute approximate surface area is 104 Å². The van der Waals surface area contributed by atoms with Crippen molar-refractivity contribution in [2.24, 2.45) is 11.8 Å². The number of hydrogen-bond donors (Lipinski definition) is 0. The molecule has 0 heterocycles. The highest BCUT2D eigenvalue weighted by Gasteiger charge is 2.30. The zero-order chi connectivity index (χ0) is 11.4. The fraction of sp³-hybridized carbons (Fsp3) is 0.929. The highest BCUT2D eigenvalue weighted by Crippen LogP contribution is 2.38. The number of hydrogen-bond acceptors (Lipinski definition) is 2. The van der Waals surface area contributed by atoms with Crippen LogP contribution in [-0.4, -0.2) is 17.3 Å². The zero-order valence-electron chi connectivity index (χ0n) is 10.4. The van der Waals surface area contributed by atoms with Crippen LogP contribution in [0.4, 0.5) is 0 Å². The lowest BCUT2D eigenvalue weighted by atomic mass is 9.82. The van der Waals surface area contributed by atoms with Crippen molar-refractivity contribution in [2.75, 3.05) is 6.26 Å². The molecular formula is C14H24OS. The first-order valence-electron chi connectivity index (χ1n) is 6.86. The fourth-order valence-electron chi connectivity index (χ4n) is 3.40. The predicted molar refractivity (Wildman–Crippen MR) is 70.8 cm³/mol. The largest absolute Gasteiger partial charge is 0.299 e. The number of thioether (sulfide) groups is 1. The van der Waals surface area contributed by atoms with Crippen LogP contribution in [0, 0.1) is 11.8 Å². The molecule has 0 aromatic carbocycles. The molecule has 2 saturated carbocycles. The van der Waals surface area contributed by atoms with Gasteiger partial charge < -0.3 is 0 Å². The van der Waals surface area contributed by atoms with Gasteiger partial charge in [0.05, 0.1) is 0 Å². The molecule has 0 N–H and O–H groups in total. The maximum atomic E-state index is 11.9.